The van der Waals surface area contributed by atoms with Gasteiger partial charge in [-0.05, 0) is 151 Å². The van der Waals surface area contributed by atoms with Gasteiger partial charge in [0.05, 0.1) is 0 Å². The van der Waals surface area contributed by atoms with Crippen LogP contribution in [0.5, 0.6) is 5.75 Å². The Bertz CT molecular complexity index is 3390. The molecular weight excluding hydrogens is 849 g/mol. The van der Waals surface area contributed by atoms with Gasteiger partial charge in [-0.3, -0.25) is 0 Å². The summed E-state index contributed by atoms with van der Waals surface area (Å²) in [6.07, 6.45) is 1.76. The average Bonchev–Trinajstić information content (AvgIpc) is 3.44. The molecule has 11 aromatic carbocycles. The molecule has 0 amide bonds. The van der Waals surface area contributed by atoms with Crippen LogP contribution in [-0.4, -0.2) is 6.61 Å². The van der Waals surface area contributed by atoms with E-state index in [9.17, 15) is 0 Å². The molecule has 11 aromatic rings. The van der Waals surface area contributed by atoms with Crippen LogP contribution in [0.1, 0.15) is 0 Å². The first-order valence-electron chi connectivity index (χ1n) is 23.8. The van der Waals surface area contributed by atoms with E-state index in [4.69, 9.17) is 4.74 Å². The molecule has 0 unspecified atom stereocenters. The average molecular weight is 899 g/mol. The summed E-state index contributed by atoms with van der Waals surface area (Å²) in [5.41, 5.74) is 18.2. The van der Waals surface area contributed by atoms with E-state index >= 15 is 0 Å². The van der Waals surface area contributed by atoms with Gasteiger partial charge in [0.2, 0.25) is 0 Å². The second-order valence-corrected chi connectivity index (χ2v) is 17.3. The molecule has 0 radical (unpaired) electrons. The summed E-state index contributed by atoms with van der Waals surface area (Å²) in [7, 11) is 0. The van der Waals surface area contributed by atoms with Crippen LogP contribution in [0.4, 0.5) is 34.1 Å². The van der Waals surface area contributed by atoms with Crippen molar-refractivity contribution < 1.29 is 4.74 Å². The second kappa shape index (κ2) is 20.0. The fraction of sp³-hybridized carbons (Fsp3) is 0.0149. The van der Waals surface area contributed by atoms with Crippen LogP contribution in [-0.2, 0) is 0 Å². The van der Waals surface area contributed by atoms with E-state index in [1.54, 1.807) is 6.08 Å². The molecule has 0 saturated heterocycles. The van der Waals surface area contributed by atoms with Gasteiger partial charge >= 0.3 is 0 Å². The molecule has 0 spiro atoms. The van der Waals surface area contributed by atoms with Crippen LogP contribution >= 0.6 is 0 Å². The zero-order chi connectivity index (χ0) is 47.1. The summed E-state index contributed by atoms with van der Waals surface area (Å²) in [6, 6.07) is 97.7. The third-order valence-corrected chi connectivity index (χ3v) is 13.0. The molecule has 11 rings (SSSR count). The van der Waals surface area contributed by atoms with E-state index in [2.05, 4.69) is 277 Å². The van der Waals surface area contributed by atoms with Gasteiger partial charge < -0.3 is 14.5 Å². The van der Waals surface area contributed by atoms with Gasteiger partial charge in [-0.15, -0.1) is 0 Å². The molecule has 0 heterocycles. The molecule has 0 N–H and O–H groups in total. The first-order chi connectivity index (χ1) is 34.6. The predicted molar refractivity (Wildman–Crippen MR) is 296 cm³/mol. The minimum Gasteiger partial charge on any atom is -0.490 e. The van der Waals surface area contributed by atoms with E-state index in [0.717, 1.165) is 62.1 Å². The van der Waals surface area contributed by atoms with E-state index in [1.807, 2.05) is 12.1 Å². The smallest absolute Gasteiger partial charge is 0.119 e. The fourth-order valence-corrected chi connectivity index (χ4v) is 9.34. The fourth-order valence-electron chi connectivity index (χ4n) is 9.34. The van der Waals surface area contributed by atoms with Crippen molar-refractivity contribution in [1.82, 2.24) is 0 Å². The van der Waals surface area contributed by atoms with Gasteiger partial charge in [-0.25, -0.2) is 0 Å². The van der Waals surface area contributed by atoms with Crippen molar-refractivity contribution >= 4 is 44.9 Å². The Morgan fingerprint density at radius 2 is 0.586 bits per heavy atom. The Morgan fingerprint density at radius 1 is 0.286 bits per heavy atom. The molecular formula is C67H50N2O. The third-order valence-electron chi connectivity index (χ3n) is 13.0. The Hall–Kier alpha value is -9.18. The van der Waals surface area contributed by atoms with Crippen molar-refractivity contribution in [1.29, 1.82) is 0 Å². The highest BCUT2D eigenvalue weighted by atomic mass is 16.5. The number of nitrogens with zero attached hydrogens (tertiary/aromatic N) is 2. The number of ether oxygens (including phenoxy) is 1. The number of anilines is 6. The lowest BCUT2D eigenvalue weighted by molar-refractivity contribution is 0.363. The number of hydrogen-bond acceptors (Lipinski definition) is 3. The molecule has 0 bridgehead atoms. The topological polar surface area (TPSA) is 15.7 Å². The molecule has 0 aromatic heterocycles. The van der Waals surface area contributed by atoms with Crippen LogP contribution in [0.2, 0.25) is 0 Å². The van der Waals surface area contributed by atoms with Crippen molar-refractivity contribution in [2.45, 2.75) is 0 Å². The Labute approximate surface area is 411 Å². The molecule has 3 heteroatoms. The van der Waals surface area contributed by atoms with Crippen molar-refractivity contribution in [2.24, 2.45) is 0 Å². The maximum atomic E-state index is 5.74. The summed E-state index contributed by atoms with van der Waals surface area (Å²) >= 11 is 0. The lowest BCUT2D eigenvalue weighted by atomic mass is 9.98. The lowest BCUT2D eigenvalue weighted by Crippen LogP contribution is -2.10. The van der Waals surface area contributed by atoms with Crippen molar-refractivity contribution in [3.05, 3.63) is 286 Å². The molecule has 3 nitrogen and oxygen atoms in total. The normalized spacial score (nSPS) is 11.0. The number of rotatable bonds is 14. The van der Waals surface area contributed by atoms with Crippen LogP contribution in [0, 0.1) is 0 Å². The number of benzene rings is 11. The molecule has 334 valence electrons. The summed E-state index contributed by atoms with van der Waals surface area (Å²) in [5.74, 6) is 0.828. The summed E-state index contributed by atoms with van der Waals surface area (Å²) in [4.78, 5) is 4.67. The van der Waals surface area contributed by atoms with E-state index in [-0.39, 0.29) is 0 Å². The van der Waals surface area contributed by atoms with Crippen molar-refractivity contribution in [3.63, 3.8) is 0 Å². The molecule has 0 fully saturated rings. The highest BCUT2D eigenvalue weighted by molar-refractivity contribution is 5.97. The summed E-state index contributed by atoms with van der Waals surface area (Å²) in [5, 5.41) is 2.48. The SMILES string of the molecule is C=CCOc1ccc(-c2ccc(N(c3ccc(-c4ccc(N(c5ccc(-c6ccccc6)cc5)c5ccc(-c6ccccc6)cc5)cc4)cc3)c3ccc(-c4cccc5ccccc45)cc3)cc2)cc1. The molecule has 0 aliphatic heterocycles. The van der Waals surface area contributed by atoms with E-state index < -0.39 is 0 Å². The van der Waals surface area contributed by atoms with Gasteiger partial charge in [-0.2, -0.15) is 0 Å². The van der Waals surface area contributed by atoms with Gasteiger partial charge in [0, 0.05) is 34.1 Å². The second-order valence-electron chi connectivity index (χ2n) is 17.3. The predicted octanol–water partition coefficient (Wildman–Crippen LogP) is 18.7. The van der Waals surface area contributed by atoms with Crippen molar-refractivity contribution in [3.8, 4) is 61.4 Å². The molecule has 0 saturated carbocycles. The number of fused-ring (bicyclic) bond motifs is 1. The standard InChI is InChI=1S/C67H50N2O/c1-2-48-70-65-46-32-56(33-47-65)55-28-42-63(43-29-55)69(64-44-30-58(31-45-64)67-19-11-17-57-16-9-10-18-66(57)67)62-40-26-54(27-41-62)53-24-38-61(39-25-53)68(59-34-20-51(21-35-59)49-12-5-3-6-13-49)60-36-22-52(23-37-60)50-14-7-4-8-15-50/h2-47H,1,48H2. The lowest BCUT2D eigenvalue weighted by Gasteiger charge is -2.27. The zero-order valence-corrected chi connectivity index (χ0v) is 38.8. The monoisotopic (exact) mass is 898 g/mol. The quantitative estimate of drug-likeness (QED) is 0.101. The zero-order valence-electron chi connectivity index (χ0n) is 38.8. The maximum absolute atomic E-state index is 5.74. The first kappa shape index (κ1) is 43.4. The van der Waals surface area contributed by atoms with Gasteiger partial charge in [-0.1, -0.05) is 201 Å². The molecule has 0 aliphatic rings. The highest BCUT2D eigenvalue weighted by Crippen LogP contribution is 2.41. The van der Waals surface area contributed by atoms with Crippen LogP contribution in [0.3, 0.4) is 0 Å². The van der Waals surface area contributed by atoms with Crippen LogP contribution < -0.4 is 14.5 Å². The maximum Gasteiger partial charge on any atom is 0.119 e. The minimum absolute atomic E-state index is 0.482. The van der Waals surface area contributed by atoms with Crippen LogP contribution in [0.15, 0.2) is 286 Å². The Morgan fingerprint density at radius 3 is 0.957 bits per heavy atom. The minimum atomic E-state index is 0.482. The largest absolute Gasteiger partial charge is 0.490 e. The van der Waals surface area contributed by atoms with Gasteiger partial charge in [0.1, 0.15) is 12.4 Å². The number of hydrogen-bond donors (Lipinski definition) is 0. The summed E-state index contributed by atoms with van der Waals surface area (Å²) < 4.78 is 5.74. The Balaban J connectivity index is 0.905. The molecule has 0 atom stereocenters. The Kier molecular flexibility index (Phi) is 12.4. The first-order valence-corrected chi connectivity index (χ1v) is 23.8. The third kappa shape index (κ3) is 9.25. The van der Waals surface area contributed by atoms with Crippen LogP contribution in [0.25, 0.3) is 66.4 Å². The van der Waals surface area contributed by atoms with Gasteiger partial charge in [0.25, 0.3) is 0 Å². The highest BCUT2D eigenvalue weighted by Gasteiger charge is 2.17. The van der Waals surface area contributed by atoms with Crippen molar-refractivity contribution in [2.75, 3.05) is 16.4 Å². The van der Waals surface area contributed by atoms with E-state index in [1.165, 1.54) is 44.2 Å². The molecule has 70 heavy (non-hydrogen) atoms. The summed E-state index contributed by atoms with van der Waals surface area (Å²) in [6.45, 7) is 4.25. The van der Waals surface area contributed by atoms with Gasteiger partial charge in [0.15, 0.2) is 0 Å². The molecule has 0 aliphatic carbocycles. The van der Waals surface area contributed by atoms with E-state index in [0.29, 0.717) is 6.61 Å².